The highest BCUT2D eigenvalue weighted by Crippen LogP contribution is 2.37. The number of hydrogen-bond donors (Lipinski definition) is 2. The molecule has 2 rings (SSSR count). The van der Waals surface area contributed by atoms with Crippen molar-refractivity contribution in [1.29, 1.82) is 0 Å². The van der Waals surface area contributed by atoms with Crippen LogP contribution in [0.15, 0.2) is 15.8 Å². The molecule has 2 N–H and O–H groups in total. The minimum atomic E-state index is -0.668. The van der Waals surface area contributed by atoms with Gasteiger partial charge in [-0.15, -0.1) is 0 Å². The molecule has 1 fully saturated rings. The second-order valence-corrected chi connectivity index (χ2v) is 13.4. The van der Waals surface area contributed by atoms with Crippen molar-refractivity contribution in [2.75, 3.05) is 20.3 Å². The van der Waals surface area contributed by atoms with Crippen molar-refractivity contribution in [2.45, 2.75) is 168 Å². The molecule has 254 valence electrons. The molecule has 0 aliphatic carbocycles. The Morgan fingerprint density at radius 2 is 1.34 bits per heavy atom. The fourth-order valence-corrected chi connectivity index (χ4v) is 6.49. The van der Waals surface area contributed by atoms with Crippen molar-refractivity contribution >= 4 is 5.91 Å². The Morgan fingerprint density at radius 3 is 1.80 bits per heavy atom. The SMILES string of the molecule is CCCCCCCCCCCCCCCCCCCCCCNC(=O)c1cn(C2CC(C(C)C)C(COC)O2)c(=O)[nH]c1=O. The number of amides is 1. The number of aromatic amines is 1. The number of rotatable bonds is 26. The number of nitrogens with one attached hydrogen (secondary N) is 2. The highest BCUT2D eigenvalue weighted by Gasteiger charge is 2.38. The minimum Gasteiger partial charge on any atom is -0.382 e. The summed E-state index contributed by atoms with van der Waals surface area (Å²) < 4.78 is 12.8. The molecule has 3 atom stereocenters. The van der Waals surface area contributed by atoms with Gasteiger partial charge in [0.2, 0.25) is 0 Å². The van der Waals surface area contributed by atoms with Crippen molar-refractivity contribution < 1.29 is 14.3 Å². The molecule has 3 unspecified atom stereocenters. The number of hydrogen-bond acceptors (Lipinski definition) is 5. The summed E-state index contributed by atoms with van der Waals surface area (Å²) in [6.45, 7) is 7.47. The molecule has 0 spiro atoms. The van der Waals surface area contributed by atoms with Crippen LogP contribution in [0, 0.1) is 11.8 Å². The number of carbonyl (C=O) groups is 1. The van der Waals surface area contributed by atoms with Gasteiger partial charge in [-0.05, 0) is 24.7 Å². The van der Waals surface area contributed by atoms with Gasteiger partial charge >= 0.3 is 5.69 Å². The van der Waals surface area contributed by atoms with Gasteiger partial charge in [0, 0.05) is 19.9 Å². The van der Waals surface area contributed by atoms with Crippen LogP contribution in [-0.4, -0.2) is 41.8 Å². The monoisotopic (exact) mass is 619 g/mol. The second kappa shape index (κ2) is 23.4. The molecule has 1 aromatic rings. The normalized spacial score (nSPS) is 18.3. The van der Waals surface area contributed by atoms with Crippen molar-refractivity contribution in [3.8, 4) is 0 Å². The molecule has 0 saturated carbocycles. The number of methoxy groups -OCH3 is 1. The Kier molecular flexibility index (Phi) is 20.4. The maximum Gasteiger partial charge on any atom is 0.330 e. The van der Waals surface area contributed by atoms with Crippen LogP contribution in [0.1, 0.15) is 172 Å². The Balaban J connectivity index is 1.51. The van der Waals surface area contributed by atoms with Crippen molar-refractivity contribution in [1.82, 2.24) is 14.9 Å². The smallest absolute Gasteiger partial charge is 0.330 e. The van der Waals surface area contributed by atoms with E-state index in [4.69, 9.17) is 9.47 Å². The first-order valence-corrected chi connectivity index (χ1v) is 18.2. The highest BCUT2D eigenvalue weighted by molar-refractivity contribution is 5.93. The van der Waals surface area contributed by atoms with E-state index in [-0.39, 0.29) is 17.6 Å². The number of ether oxygens (including phenoxy) is 2. The topological polar surface area (TPSA) is 102 Å². The van der Waals surface area contributed by atoms with Crippen LogP contribution in [-0.2, 0) is 9.47 Å². The molecular formula is C36H65N3O5. The fraction of sp³-hybridized carbons (Fsp3) is 0.861. The third-order valence-corrected chi connectivity index (χ3v) is 9.31. The lowest BCUT2D eigenvalue weighted by molar-refractivity contribution is -0.0452. The number of unbranched alkanes of at least 4 members (excludes halogenated alkanes) is 19. The van der Waals surface area contributed by atoms with Gasteiger partial charge in [0.15, 0.2) is 0 Å². The number of H-pyrrole nitrogens is 1. The van der Waals surface area contributed by atoms with Crippen LogP contribution in [0.2, 0.25) is 0 Å². The molecule has 1 aliphatic rings. The predicted octanol–water partition coefficient (Wildman–Crippen LogP) is 8.29. The lowest BCUT2D eigenvalue weighted by Gasteiger charge is -2.20. The number of carbonyl (C=O) groups excluding carboxylic acids is 1. The van der Waals surface area contributed by atoms with E-state index < -0.39 is 23.4 Å². The first-order chi connectivity index (χ1) is 21.4. The molecule has 2 heterocycles. The van der Waals surface area contributed by atoms with Gasteiger partial charge < -0.3 is 14.8 Å². The van der Waals surface area contributed by atoms with Crippen LogP contribution < -0.4 is 16.6 Å². The van der Waals surface area contributed by atoms with Crippen LogP contribution in [0.3, 0.4) is 0 Å². The van der Waals surface area contributed by atoms with Crippen molar-refractivity contribution in [2.24, 2.45) is 11.8 Å². The van der Waals surface area contributed by atoms with E-state index in [1.807, 2.05) is 0 Å². The first-order valence-electron chi connectivity index (χ1n) is 18.2. The Hall–Kier alpha value is -1.93. The Morgan fingerprint density at radius 1 is 0.864 bits per heavy atom. The molecule has 8 nitrogen and oxygen atoms in total. The molecular weight excluding hydrogens is 554 g/mol. The van der Waals surface area contributed by atoms with E-state index >= 15 is 0 Å². The molecule has 1 aliphatic heterocycles. The predicted molar refractivity (Wildman–Crippen MR) is 180 cm³/mol. The van der Waals surface area contributed by atoms with Crippen molar-refractivity contribution in [3.05, 3.63) is 32.6 Å². The van der Waals surface area contributed by atoms with E-state index in [0.717, 1.165) is 12.8 Å². The molecule has 1 saturated heterocycles. The number of nitrogens with zero attached hydrogens (tertiary/aromatic N) is 1. The van der Waals surface area contributed by atoms with Crippen LogP contribution in [0.25, 0.3) is 0 Å². The molecule has 0 radical (unpaired) electrons. The average molecular weight is 620 g/mol. The zero-order valence-corrected chi connectivity index (χ0v) is 28.6. The zero-order chi connectivity index (χ0) is 32.0. The third kappa shape index (κ3) is 14.9. The second-order valence-electron chi connectivity index (χ2n) is 13.4. The molecule has 1 amide bonds. The summed E-state index contributed by atoms with van der Waals surface area (Å²) in [6.07, 6.45) is 27.9. The van der Waals surface area contributed by atoms with Crippen molar-refractivity contribution in [3.63, 3.8) is 0 Å². The lowest BCUT2D eigenvalue weighted by Crippen LogP contribution is -2.38. The van der Waals surface area contributed by atoms with Gasteiger partial charge in [-0.25, -0.2) is 4.79 Å². The Bertz CT molecular complexity index is 1000. The van der Waals surface area contributed by atoms with Gasteiger partial charge in [0.1, 0.15) is 11.8 Å². The van der Waals surface area contributed by atoms with E-state index in [2.05, 4.69) is 31.1 Å². The highest BCUT2D eigenvalue weighted by atomic mass is 16.5. The molecule has 0 bridgehead atoms. The van der Waals surface area contributed by atoms with Crippen LogP contribution in [0.5, 0.6) is 0 Å². The maximum absolute atomic E-state index is 12.8. The molecule has 0 aromatic carbocycles. The lowest BCUT2D eigenvalue weighted by atomic mass is 9.89. The fourth-order valence-electron chi connectivity index (χ4n) is 6.49. The van der Waals surface area contributed by atoms with Gasteiger partial charge in [0.05, 0.1) is 12.7 Å². The standard InChI is InChI=1S/C36H65N3O5/c1-5-6-7-8-9-10-11-12-13-14-15-16-17-18-19-20-21-22-23-24-25-37-34(40)31-27-39(36(42)38-35(31)41)33-26-30(29(2)3)32(44-33)28-43-4/h27,29-30,32-33H,5-26,28H2,1-4H3,(H,37,40)(H,38,41,42). The van der Waals surface area contributed by atoms with E-state index in [9.17, 15) is 14.4 Å². The summed E-state index contributed by atoms with van der Waals surface area (Å²) in [6, 6.07) is 0. The molecule has 44 heavy (non-hydrogen) atoms. The maximum atomic E-state index is 12.8. The van der Waals surface area contributed by atoms with Gasteiger partial charge in [-0.2, -0.15) is 0 Å². The average Bonchev–Trinajstić information content (AvgIpc) is 3.42. The van der Waals surface area contributed by atoms with Gasteiger partial charge in [-0.3, -0.25) is 19.1 Å². The minimum absolute atomic E-state index is 0.0577. The summed E-state index contributed by atoms with van der Waals surface area (Å²) in [5, 5.41) is 2.86. The van der Waals surface area contributed by atoms with Gasteiger partial charge in [0.25, 0.3) is 11.5 Å². The van der Waals surface area contributed by atoms with Crippen LogP contribution in [0.4, 0.5) is 0 Å². The van der Waals surface area contributed by atoms with Gasteiger partial charge in [-0.1, -0.05) is 143 Å². The summed E-state index contributed by atoms with van der Waals surface area (Å²) >= 11 is 0. The summed E-state index contributed by atoms with van der Waals surface area (Å²) in [7, 11) is 1.63. The quantitative estimate of drug-likeness (QED) is 0.102. The summed E-state index contributed by atoms with van der Waals surface area (Å²) in [5.41, 5.74) is -1.29. The summed E-state index contributed by atoms with van der Waals surface area (Å²) in [4.78, 5) is 40.1. The molecule has 8 heteroatoms. The summed E-state index contributed by atoms with van der Waals surface area (Å²) in [5.74, 6) is 0.116. The van der Waals surface area contributed by atoms with E-state index in [1.165, 1.54) is 126 Å². The third-order valence-electron chi connectivity index (χ3n) is 9.31. The van der Waals surface area contributed by atoms with E-state index in [1.54, 1.807) is 7.11 Å². The molecule has 1 aromatic heterocycles. The van der Waals surface area contributed by atoms with E-state index in [0.29, 0.717) is 25.5 Å². The Labute approximate surface area is 267 Å². The largest absolute Gasteiger partial charge is 0.382 e. The first kappa shape index (κ1) is 38.3. The zero-order valence-electron chi connectivity index (χ0n) is 28.6. The van der Waals surface area contributed by atoms with Crippen LogP contribution >= 0.6 is 0 Å². The number of aromatic nitrogens is 2.